The Balaban J connectivity index is 4.16. The predicted molar refractivity (Wildman–Crippen MR) is 71.2 cm³/mol. The maximum atomic E-state index is 5.83. The van der Waals surface area contributed by atoms with E-state index in [-0.39, 0.29) is 0 Å². The highest BCUT2D eigenvalue weighted by atomic mass is 16.7. The van der Waals surface area contributed by atoms with Gasteiger partial charge in [0.25, 0.3) is 0 Å². The Morgan fingerprint density at radius 2 is 1.12 bits per heavy atom. The first kappa shape index (κ1) is 15.9. The molecule has 2 heteroatoms. The Bertz CT molecular complexity index is 140. The third-order valence-electron chi connectivity index (χ3n) is 3.39. The molecule has 0 aliphatic rings. The molecule has 0 atom stereocenters. The van der Waals surface area contributed by atoms with Crippen molar-refractivity contribution < 1.29 is 9.48 Å². The van der Waals surface area contributed by atoms with Gasteiger partial charge in [0.1, 0.15) is 19.6 Å². The summed E-state index contributed by atoms with van der Waals surface area (Å²) in [5, 5.41) is 0. The molecule has 0 saturated heterocycles. The fourth-order valence-electron chi connectivity index (χ4n) is 2.15. The van der Waals surface area contributed by atoms with Crippen LogP contribution in [0.4, 0.5) is 0 Å². The minimum Gasteiger partial charge on any atom is -0.206 e. The molecule has 0 aromatic heterocycles. The van der Waals surface area contributed by atoms with Gasteiger partial charge in [-0.2, -0.15) is 4.65 Å². The molecule has 16 heavy (non-hydrogen) atoms. The van der Waals surface area contributed by atoms with Crippen molar-refractivity contribution in [3.05, 3.63) is 0 Å². The fourth-order valence-corrected chi connectivity index (χ4v) is 2.15. The van der Waals surface area contributed by atoms with Crippen LogP contribution >= 0.6 is 0 Å². The molecule has 0 fully saturated rings. The molecule has 0 aliphatic carbocycles. The SMILES string of the molecule is CCCCC[N+](CCCC)(CCCC)OC. The van der Waals surface area contributed by atoms with Crippen molar-refractivity contribution in [1.29, 1.82) is 0 Å². The molecule has 0 bridgehead atoms. The van der Waals surface area contributed by atoms with Gasteiger partial charge in [0.15, 0.2) is 0 Å². The maximum absolute atomic E-state index is 5.83. The Hall–Kier alpha value is -0.0800. The second-order valence-electron chi connectivity index (χ2n) is 4.83. The first-order valence-electron chi connectivity index (χ1n) is 7.16. The molecule has 0 N–H and O–H groups in total. The van der Waals surface area contributed by atoms with E-state index in [1.807, 2.05) is 7.11 Å². The topological polar surface area (TPSA) is 9.23 Å². The maximum Gasteiger partial charge on any atom is 0.109 e. The van der Waals surface area contributed by atoms with Crippen LogP contribution in [0.5, 0.6) is 0 Å². The molecule has 0 amide bonds. The van der Waals surface area contributed by atoms with Crippen LogP contribution in [-0.2, 0) is 4.84 Å². The summed E-state index contributed by atoms with van der Waals surface area (Å²) in [6, 6.07) is 0. The summed E-state index contributed by atoms with van der Waals surface area (Å²) in [5.74, 6) is 0. The quantitative estimate of drug-likeness (QED) is 0.294. The highest BCUT2D eigenvalue weighted by Crippen LogP contribution is 2.15. The summed E-state index contributed by atoms with van der Waals surface area (Å²) in [4.78, 5) is 5.83. The largest absolute Gasteiger partial charge is 0.206 e. The van der Waals surface area contributed by atoms with Crippen molar-refractivity contribution in [3.63, 3.8) is 0 Å². The summed E-state index contributed by atoms with van der Waals surface area (Å²) in [7, 11) is 1.89. The molecule has 98 valence electrons. The van der Waals surface area contributed by atoms with Gasteiger partial charge in [0.05, 0.1) is 7.11 Å². The summed E-state index contributed by atoms with van der Waals surface area (Å²) in [6.07, 6.45) is 9.03. The lowest BCUT2D eigenvalue weighted by Crippen LogP contribution is -2.49. The summed E-state index contributed by atoms with van der Waals surface area (Å²) >= 11 is 0. The van der Waals surface area contributed by atoms with Crippen LogP contribution in [-0.4, -0.2) is 31.4 Å². The standard InChI is InChI=1S/C14H32NO/c1-5-8-11-14-15(16-4,12-9-6-2)13-10-7-3/h5-14H2,1-4H3/q+1. The Labute approximate surface area is 103 Å². The van der Waals surface area contributed by atoms with Crippen molar-refractivity contribution >= 4 is 0 Å². The summed E-state index contributed by atoms with van der Waals surface area (Å²) in [5.41, 5.74) is 0. The zero-order chi connectivity index (χ0) is 12.3. The highest BCUT2D eigenvalue weighted by Gasteiger charge is 2.26. The van der Waals surface area contributed by atoms with Crippen LogP contribution in [0.25, 0.3) is 0 Å². The molecule has 0 aromatic carbocycles. The lowest BCUT2D eigenvalue weighted by Gasteiger charge is -2.34. The zero-order valence-electron chi connectivity index (χ0n) is 11.9. The second kappa shape index (κ2) is 10.1. The molecule has 0 heterocycles. The lowest BCUT2D eigenvalue weighted by atomic mass is 10.2. The van der Waals surface area contributed by atoms with E-state index >= 15 is 0 Å². The molecule has 0 aromatic rings. The first-order valence-corrected chi connectivity index (χ1v) is 7.16. The Morgan fingerprint density at radius 3 is 1.50 bits per heavy atom. The molecular weight excluding hydrogens is 198 g/mol. The van der Waals surface area contributed by atoms with Crippen LogP contribution in [0.2, 0.25) is 0 Å². The number of nitrogens with zero attached hydrogens (tertiary/aromatic N) is 1. The smallest absolute Gasteiger partial charge is 0.109 e. The van der Waals surface area contributed by atoms with E-state index < -0.39 is 0 Å². The monoisotopic (exact) mass is 230 g/mol. The summed E-state index contributed by atoms with van der Waals surface area (Å²) < 4.78 is 0.891. The molecule has 0 rings (SSSR count). The number of hydrogen-bond acceptors (Lipinski definition) is 1. The van der Waals surface area contributed by atoms with Gasteiger partial charge in [-0.1, -0.05) is 40.0 Å². The van der Waals surface area contributed by atoms with Crippen molar-refractivity contribution in [2.75, 3.05) is 26.7 Å². The van der Waals surface area contributed by atoms with E-state index in [1.165, 1.54) is 64.6 Å². The van der Waals surface area contributed by atoms with Gasteiger partial charge >= 0.3 is 0 Å². The van der Waals surface area contributed by atoms with Crippen LogP contribution in [0, 0.1) is 0 Å². The molecule has 0 saturated carbocycles. The van der Waals surface area contributed by atoms with E-state index in [0.29, 0.717) is 0 Å². The van der Waals surface area contributed by atoms with Gasteiger partial charge in [-0.25, -0.2) is 4.84 Å². The predicted octanol–water partition coefficient (Wildman–Crippen LogP) is 4.16. The highest BCUT2D eigenvalue weighted by molar-refractivity contribution is 4.43. The van der Waals surface area contributed by atoms with E-state index in [9.17, 15) is 0 Å². The van der Waals surface area contributed by atoms with E-state index in [4.69, 9.17) is 4.84 Å². The number of quaternary nitrogens is 1. The van der Waals surface area contributed by atoms with Gasteiger partial charge in [-0.3, -0.25) is 0 Å². The van der Waals surface area contributed by atoms with Crippen molar-refractivity contribution in [1.82, 2.24) is 0 Å². The van der Waals surface area contributed by atoms with Crippen LogP contribution < -0.4 is 0 Å². The number of hydroxylamine groups is 3. The third-order valence-corrected chi connectivity index (χ3v) is 3.39. The third kappa shape index (κ3) is 6.49. The first-order chi connectivity index (χ1) is 7.74. The Morgan fingerprint density at radius 1 is 0.688 bits per heavy atom. The van der Waals surface area contributed by atoms with E-state index in [2.05, 4.69) is 20.8 Å². The molecule has 0 spiro atoms. The van der Waals surface area contributed by atoms with Crippen molar-refractivity contribution in [2.24, 2.45) is 0 Å². The normalized spacial score (nSPS) is 12.0. The van der Waals surface area contributed by atoms with Gasteiger partial charge in [-0.15, -0.1) is 0 Å². The molecule has 0 unspecified atom stereocenters. The average Bonchev–Trinajstić information content (AvgIpc) is 2.32. The number of unbranched alkanes of at least 4 members (excludes halogenated alkanes) is 4. The molecule has 0 aliphatic heterocycles. The average molecular weight is 230 g/mol. The van der Waals surface area contributed by atoms with E-state index in [0.717, 1.165) is 4.65 Å². The zero-order valence-corrected chi connectivity index (χ0v) is 11.9. The van der Waals surface area contributed by atoms with Crippen molar-refractivity contribution in [3.8, 4) is 0 Å². The Kier molecular flexibility index (Phi) is 10.0. The van der Waals surface area contributed by atoms with Gasteiger partial charge < -0.3 is 0 Å². The molecular formula is C14H32NO+. The number of hydrogen-bond donors (Lipinski definition) is 0. The van der Waals surface area contributed by atoms with E-state index in [1.54, 1.807) is 0 Å². The fraction of sp³-hybridized carbons (Fsp3) is 1.00. The minimum atomic E-state index is 0.891. The van der Waals surface area contributed by atoms with Crippen molar-refractivity contribution in [2.45, 2.75) is 65.7 Å². The number of rotatable bonds is 11. The van der Waals surface area contributed by atoms with Gasteiger partial charge in [0, 0.05) is 0 Å². The van der Waals surface area contributed by atoms with Gasteiger partial charge in [0.2, 0.25) is 0 Å². The van der Waals surface area contributed by atoms with Crippen LogP contribution in [0.3, 0.4) is 0 Å². The second-order valence-corrected chi connectivity index (χ2v) is 4.83. The molecule has 0 radical (unpaired) electrons. The summed E-state index contributed by atoms with van der Waals surface area (Å²) in [6.45, 7) is 10.4. The van der Waals surface area contributed by atoms with Crippen LogP contribution in [0.15, 0.2) is 0 Å². The minimum absolute atomic E-state index is 0.891. The molecule has 2 nitrogen and oxygen atoms in total. The lowest BCUT2D eigenvalue weighted by molar-refractivity contribution is -1.10. The van der Waals surface area contributed by atoms with Crippen LogP contribution in [0.1, 0.15) is 65.7 Å². The van der Waals surface area contributed by atoms with Gasteiger partial charge in [-0.05, 0) is 25.7 Å².